The summed E-state index contributed by atoms with van der Waals surface area (Å²) in [7, 11) is -2.07. The third-order valence-corrected chi connectivity index (χ3v) is 4.24. The van der Waals surface area contributed by atoms with E-state index in [2.05, 4.69) is 20.0 Å². The molecule has 0 aliphatic rings. The molecular formula is C9H14N6O3S. The van der Waals surface area contributed by atoms with Crippen LogP contribution in [0.4, 0.5) is 5.82 Å². The van der Waals surface area contributed by atoms with Crippen molar-refractivity contribution >= 4 is 15.8 Å². The first-order chi connectivity index (χ1) is 8.92. The van der Waals surface area contributed by atoms with Gasteiger partial charge in [0.15, 0.2) is 12.1 Å². The lowest BCUT2D eigenvalue weighted by atomic mass is 10.4. The third-order valence-electron chi connectivity index (χ3n) is 2.61. The zero-order chi connectivity index (χ0) is 14.0. The van der Waals surface area contributed by atoms with Gasteiger partial charge in [-0.05, 0) is 6.92 Å². The standard InChI is InChI=1S/C9H14N6O3S/c1-6-8(9(10)14-15(6)2)19(16,17)13-4-3-7-11-5-12-18-7/h5,13H,3-4H2,1-2H3,(H2,10,14). The van der Waals surface area contributed by atoms with E-state index in [-0.39, 0.29) is 17.3 Å². The van der Waals surface area contributed by atoms with Gasteiger partial charge in [0, 0.05) is 20.0 Å². The molecule has 0 spiro atoms. The van der Waals surface area contributed by atoms with Crippen molar-refractivity contribution in [2.45, 2.75) is 18.2 Å². The number of aryl methyl sites for hydroxylation is 1. The van der Waals surface area contributed by atoms with Gasteiger partial charge in [-0.2, -0.15) is 10.1 Å². The lowest BCUT2D eigenvalue weighted by Crippen LogP contribution is -2.27. The van der Waals surface area contributed by atoms with Crippen molar-refractivity contribution in [2.24, 2.45) is 7.05 Å². The molecule has 0 bridgehead atoms. The highest BCUT2D eigenvalue weighted by molar-refractivity contribution is 7.89. The lowest BCUT2D eigenvalue weighted by Gasteiger charge is -2.05. The number of nitrogen functional groups attached to an aromatic ring is 1. The third kappa shape index (κ3) is 2.74. The quantitative estimate of drug-likeness (QED) is 0.737. The van der Waals surface area contributed by atoms with Crippen LogP contribution < -0.4 is 10.5 Å². The largest absolute Gasteiger partial charge is 0.381 e. The van der Waals surface area contributed by atoms with Crippen molar-refractivity contribution in [3.05, 3.63) is 17.9 Å². The van der Waals surface area contributed by atoms with E-state index in [1.54, 1.807) is 14.0 Å². The predicted octanol–water partition coefficient (Wildman–Crippen LogP) is -0.785. The first-order valence-electron chi connectivity index (χ1n) is 5.46. The zero-order valence-corrected chi connectivity index (χ0v) is 11.3. The van der Waals surface area contributed by atoms with Gasteiger partial charge in [0.2, 0.25) is 15.9 Å². The lowest BCUT2D eigenvalue weighted by molar-refractivity contribution is 0.377. The first kappa shape index (κ1) is 13.5. The molecule has 3 N–H and O–H groups in total. The number of hydrogen-bond donors (Lipinski definition) is 2. The Morgan fingerprint density at radius 1 is 1.53 bits per heavy atom. The summed E-state index contributed by atoms with van der Waals surface area (Å²) in [5.41, 5.74) is 6.08. The summed E-state index contributed by atoms with van der Waals surface area (Å²) in [5.74, 6) is 0.337. The Kier molecular flexibility index (Phi) is 3.53. The van der Waals surface area contributed by atoms with Crippen molar-refractivity contribution in [2.75, 3.05) is 12.3 Å². The Morgan fingerprint density at radius 2 is 2.26 bits per heavy atom. The van der Waals surface area contributed by atoms with Crippen LogP contribution in [0.3, 0.4) is 0 Å². The van der Waals surface area contributed by atoms with Crippen molar-refractivity contribution in [3.8, 4) is 0 Å². The summed E-state index contributed by atoms with van der Waals surface area (Å²) in [5, 5.41) is 7.30. The summed E-state index contributed by atoms with van der Waals surface area (Å²) in [6.45, 7) is 1.77. The molecule has 2 rings (SSSR count). The van der Waals surface area contributed by atoms with Gasteiger partial charge in [0.05, 0.1) is 5.69 Å². The molecule has 2 aromatic heterocycles. The molecule has 0 aromatic carbocycles. The molecule has 10 heteroatoms. The summed E-state index contributed by atoms with van der Waals surface area (Å²) in [6.07, 6.45) is 1.56. The number of nitrogens with one attached hydrogen (secondary N) is 1. The number of nitrogens with two attached hydrogens (primary N) is 1. The van der Waals surface area contributed by atoms with E-state index in [0.29, 0.717) is 18.0 Å². The predicted molar refractivity (Wildman–Crippen MR) is 65.5 cm³/mol. The number of sulfonamides is 1. The maximum atomic E-state index is 12.1. The van der Waals surface area contributed by atoms with E-state index in [1.807, 2.05) is 0 Å². The summed E-state index contributed by atoms with van der Waals surface area (Å²) in [6, 6.07) is 0. The molecule has 0 unspecified atom stereocenters. The van der Waals surface area contributed by atoms with Crippen LogP contribution in [-0.2, 0) is 23.5 Å². The van der Waals surface area contributed by atoms with E-state index in [9.17, 15) is 8.42 Å². The molecular weight excluding hydrogens is 272 g/mol. The monoisotopic (exact) mass is 286 g/mol. The van der Waals surface area contributed by atoms with Crippen LogP contribution in [0, 0.1) is 6.92 Å². The van der Waals surface area contributed by atoms with E-state index in [1.165, 1.54) is 11.0 Å². The van der Waals surface area contributed by atoms with Gasteiger partial charge in [0.25, 0.3) is 0 Å². The molecule has 2 aromatic rings. The molecule has 0 atom stereocenters. The highest BCUT2D eigenvalue weighted by Crippen LogP contribution is 2.20. The molecule has 0 amide bonds. The molecule has 9 nitrogen and oxygen atoms in total. The second-order valence-corrected chi connectivity index (χ2v) is 5.61. The van der Waals surface area contributed by atoms with Gasteiger partial charge in [-0.25, -0.2) is 13.1 Å². The van der Waals surface area contributed by atoms with Crippen molar-refractivity contribution in [1.29, 1.82) is 0 Å². The Bertz CT molecular complexity index is 660. The van der Waals surface area contributed by atoms with E-state index < -0.39 is 10.0 Å². The maximum Gasteiger partial charge on any atom is 0.246 e. The topological polar surface area (TPSA) is 129 Å². The van der Waals surface area contributed by atoms with Gasteiger partial charge in [0.1, 0.15) is 4.90 Å². The number of rotatable bonds is 5. The first-order valence-corrected chi connectivity index (χ1v) is 6.94. The van der Waals surface area contributed by atoms with E-state index in [4.69, 9.17) is 10.3 Å². The summed E-state index contributed by atoms with van der Waals surface area (Å²) >= 11 is 0. The van der Waals surface area contributed by atoms with Gasteiger partial charge in [-0.1, -0.05) is 5.16 Å². The second kappa shape index (κ2) is 4.97. The Hall–Kier alpha value is -1.94. The van der Waals surface area contributed by atoms with E-state index >= 15 is 0 Å². The van der Waals surface area contributed by atoms with Crippen LogP contribution in [0.2, 0.25) is 0 Å². The highest BCUT2D eigenvalue weighted by Gasteiger charge is 2.24. The second-order valence-electron chi connectivity index (χ2n) is 3.91. The van der Waals surface area contributed by atoms with Crippen LogP contribution in [0.5, 0.6) is 0 Å². The van der Waals surface area contributed by atoms with Crippen LogP contribution in [-0.4, -0.2) is 34.9 Å². The number of hydrogen-bond acceptors (Lipinski definition) is 7. The molecule has 0 aliphatic heterocycles. The Labute approximate surface area is 109 Å². The van der Waals surface area contributed by atoms with Crippen LogP contribution >= 0.6 is 0 Å². The van der Waals surface area contributed by atoms with Crippen molar-refractivity contribution in [1.82, 2.24) is 24.6 Å². The molecule has 104 valence electrons. The van der Waals surface area contributed by atoms with Gasteiger partial charge < -0.3 is 10.3 Å². The smallest absolute Gasteiger partial charge is 0.246 e. The number of anilines is 1. The van der Waals surface area contributed by atoms with Gasteiger partial charge in [-0.3, -0.25) is 4.68 Å². The molecule has 0 aliphatic carbocycles. The SMILES string of the molecule is Cc1c(S(=O)(=O)NCCc2ncno2)c(N)nn1C. The molecule has 2 heterocycles. The fraction of sp³-hybridized carbons (Fsp3) is 0.444. The molecule has 0 saturated carbocycles. The Balaban J connectivity index is 2.10. The van der Waals surface area contributed by atoms with Gasteiger partial charge >= 0.3 is 0 Å². The molecule has 19 heavy (non-hydrogen) atoms. The Morgan fingerprint density at radius 3 is 2.79 bits per heavy atom. The average Bonchev–Trinajstić information content (AvgIpc) is 2.88. The molecule has 0 saturated heterocycles. The minimum Gasteiger partial charge on any atom is -0.381 e. The maximum absolute atomic E-state index is 12.1. The van der Waals surface area contributed by atoms with Crippen molar-refractivity contribution in [3.63, 3.8) is 0 Å². The van der Waals surface area contributed by atoms with E-state index in [0.717, 1.165) is 0 Å². The van der Waals surface area contributed by atoms with Crippen LogP contribution in [0.25, 0.3) is 0 Å². The minimum absolute atomic E-state index is 0.000490. The van der Waals surface area contributed by atoms with Crippen LogP contribution in [0.15, 0.2) is 15.7 Å². The fourth-order valence-electron chi connectivity index (χ4n) is 1.62. The number of nitrogens with zero attached hydrogens (tertiary/aromatic N) is 4. The van der Waals surface area contributed by atoms with Crippen LogP contribution in [0.1, 0.15) is 11.6 Å². The highest BCUT2D eigenvalue weighted by atomic mass is 32.2. The summed E-state index contributed by atoms with van der Waals surface area (Å²) in [4.78, 5) is 3.79. The number of aromatic nitrogens is 4. The zero-order valence-electron chi connectivity index (χ0n) is 10.5. The molecule has 0 fully saturated rings. The summed E-state index contributed by atoms with van der Waals surface area (Å²) < 4.78 is 32.8. The minimum atomic E-state index is -3.70. The normalized spacial score (nSPS) is 11.9. The fourth-order valence-corrected chi connectivity index (χ4v) is 2.97. The van der Waals surface area contributed by atoms with Crippen molar-refractivity contribution < 1.29 is 12.9 Å². The molecule has 0 radical (unpaired) electrons. The average molecular weight is 286 g/mol. The van der Waals surface area contributed by atoms with Gasteiger partial charge in [-0.15, -0.1) is 0 Å².